The van der Waals surface area contributed by atoms with Crippen molar-refractivity contribution >= 4 is 43.1 Å². The topological polar surface area (TPSA) is 131 Å². The summed E-state index contributed by atoms with van der Waals surface area (Å²) in [4.78, 5) is 0. The molecule has 7 nitrogen and oxygen atoms in total. The maximum atomic E-state index is 9.23. The van der Waals surface area contributed by atoms with E-state index in [0.717, 1.165) is 99.8 Å². The number of benzene rings is 8. The van der Waals surface area contributed by atoms with E-state index in [-0.39, 0.29) is 39.6 Å². The van der Waals surface area contributed by atoms with Gasteiger partial charge in [0, 0.05) is 0 Å². The molecule has 0 aliphatic rings. The molecular formula is C62H86O7. The van der Waals surface area contributed by atoms with Crippen LogP contribution >= 0.6 is 0 Å². The van der Waals surface area contributed by atoms with Crippen LogP contribution in [0.2, 0.25) is 0 Å². The second-order valence-corrected chi connectivity index (χ2v) is 16.2. The molecule has 0 amide bonds. The van der Waals surface area contributed by atoms with E-state index in [2.05, 4.69) is 41.5 Å². The Morgan fingerprint density at radius 3 is 0.565 bits per heavy atom. The molecule has 0 radical (unpaired) electrons. The van der Waals surface area contributed by atoms with Gasteiger partial charge < -0.3 is 35.4 Å². The van der Waals surface area contributed by atoms with Gasteiger partial charge in [-0.3, -0.25) is 0 Å². The summed E-state index contributed by atoms with van der Waals surface area (Å²) >= 11 is 0. The van der Waals surface area contributed by atoms with Crippen LogP contribution in [0.3, 0.4) is 0 Å². The molecule has 0 heterocycles. The number of aliphatic hydroxyl groups excluding tert-OH is 6. The molecule has 6 N–H and O–H groups in total. The number of fused-ring (bicyclic) bond motifs is 4. The van der Waals surface area contributed by atoms with E-state index >= 15 is 0 Å². The molecule has 8 aromatic rings. The Morgan fingerprint density at radius 1 is 0.261 bits per heavy atom. The quantitative estimate of drug-likeness (QED) is 0.0894. The van der Waals surface area contributed by atoms with Crippen LogP contribution in [-0.2, 0) is 39.6 Å². The lowest BCUT2D eigenvalue weighted by atomic mass is 10.0. The molecule has 7 heteroatoms. The second kappa shape index (κ2) is 37.3. The van der Waals surface area contributed by atoms with E-state index in [1.165, 1.54) is 0 Å². The Balaban J connectivity index is 0.000000907. The van der Waals surface area contributed by atoms with Gasteiger partial charge in [-0.1, -0.05) is 182 Å². The van der Waals surface area contributed by atoms with Crippen molar-refractivity contribution in [3.63, 3.8) is 0 Å². The highest BCUT2D eigenvalue weighted by Gasteiger charge is 2.04. The minimum atomic E-state index is 0.0449. The smallest absolute Gasteiger partial charge is 0.128 e. The van der Waals surface area contributed by atoms with Crippen LogP contribution in [-0.4, -0.2) is 30.6 Å². The van der Waals surface area contributed by atoms with Crippen LogP contribution in [0.1, 0.15) is 130 Å². The lowest BCUT2D eigenvalue weighted by molar-refractivity contribution is 0.281. The Hall–Kier alpha value is -5.64. The van der Waals surface area contributed by atoms with Gasteiger partial charge in [0.2, 0.25) is 0 Å². The minimum Gasteiger partial charge on any atom is -0.457 e. The van der Waals surface area contributed by atoms with Gasteiger partial charge in [-0.15, -0.1) is 0 Å². The zero-order valence-electron chi connectivity index (χ0n) is 44.3. The normalized spacial score (nSPS) is 9.77. The van der Waals surface area contributed by atoms with Crippen LogP contribution < -0.4 is 4.74 Å². The van der Waals surface area contributed by atoms with Crippen molar-refractivity contribution in [1.29, 1.82) is 0 Å². The van der Waals surface area contributed by atoms with Gasteiger partial charge in [0.05, 0.1) is 39.6 Å². The van der Waals surface area contributed by atoms with Crippen LogP contribution in [0.25, 0.3) is 43.1 Å². The number of ether oxygens (including phenoxy) is 1. The monoisotopic (exact) mass is 943 g/mol. The molecule has 8 aromatic carbocycles. The lowest BCUT2D eigenvalue weighted by Gasteiger charge is -2.09. The summed E-state index contributed by atoms with van der Waals surface area (Å²) in [7, 11) is 0. The zero-order valence-corrected chi connectivity index (χ0v) is 44.3. The van der Waals surface area contributed by atoms with Gasteiger partial charge in [-0.25, -0.2) is 0 Å². The van der Waals surface area contributed by atoms with Crippen molar-refractivity contribution in [3.05, 3.63) is 179 Å². The fraction of sp³-hybridized carbons (Fsp3) is 0.355. The summed E-state index contributed by atoms with van der Waals surface area (Å²) in [5, 5.41) is 63.0. The van der Waals surface area contributed by atoms with Crippen molar-refractivity contribution in [1.82, 2.24) is 0 Å². The van der Waals surface area contributed by atoms with Crippen molar-refractivity contribution in [2.75, 3.05) is 0 Å². The van der Waals surface area contributed by atoms with E-state index in [0.29, 0.717) is 0 Å². The van der Waals surface area contributed by atoms with Gasteiger partial charge in [0.1, 0.15) is 11.5 Å². The molecule has 0 aliphatic heterocycles. The van der Waals surface area contributed by atoms with E-state index in [1.807, 2.05) is 201 Å². The summed E-state index contributed by atoms with van der Waals surface area (Å²) in [6.07, 6.45) is 0. The van der Waals surface area contributed by atoms with E-state index < -0.39 is 0 Å². The van der Waals surface area contributed by atoms with Gasteiger partial charge >= 0.3 is 0 Å². The molecule has 0 saturated carbocycles. The lowest BCUT2D eigenvalue weighted by Crippen LogP contribution is -1.87. The Labute approximate surface area is 415 Å². The maximum absolute atomic E-state index is 9.23. The molecule has 0 saturated heterocycles. The summed E-state index contributed by atoms with van der Waals surface area (Å²) < 4.78 is 6.01. The molecule has 0 atom stereocenters. The van der Waals surface area contributed by atoms with Gasteiger partial charge in [0.25, 0.3) is 0 Å². The second-order valence-electron chi connectivity index (χ2n) is 16.2. The fourth-order valence-corrected chi connectivity index (χ4v) is 6.09. The maximum Gasteiger partial charge on any atom is 0.128 e. The van der Waals surface area contributed by atoms with Crippen LogP contribution in [0.15, 0.2) is 146 Å². The average molecular weight is 943 g/mol. The summed E-state index contributed by atoms with van der Waals surface area (Å²) in [5.74, 6) is 3.21. The molecular weight excluding hydrogens is 857 g/mol. The van der Waals surface area contributed by atoms with Crippen molar-refractivity contribution in [2.24, 2.45) is 11.8 Å². The predicted octanol–water partition coefficient (Wildman–Crippen LogP) is 15.8. The van der Waals surface area contributed by atoms with Crippen molar-refractivity contribution < 1.29 is 35.4 Å². The minimum absolute atomic E-state index is 0.0449. The van der Waals surface area contributed by atoms with Gasteiger partial charge in [0.15, 0.2) is 0 Å². The average Bonchev–Trinajstić information content (AvgIpc) is 3.40. The summed E-state index contributed by atoms with van der Waals surface area (Å²) in [6, 6.07) is 46.9. The Bertz CT molecular complexity index is 2310. The molecule has 0 aliphatic carbocycles. The number of aliphatic hydroxyl groups is 6. The van der Waals surface area contributed by atoms with E-state index in [9.17, 15) is 10.2 Å². The highest BCUT2D eigenvalue weighted by atomic mass is 16.5. The molecule has 0 spiro atoms. The fourth-order valence-electron chi connectivity index (χ4n) is 6.09. The first-order valence-corrected chi connectivity index (χ1v) is 24.8. The molecule has 0 unspecified atom stereocenters. The zero-order chi connectivity index (χ0) is 52.3. The van der Waals surface area contributed by atoms with Gasteiger partial charge in [-0.2, -0.15) is 0 Å². The van der Waals surface area contributed by atoms with E-state index in [4.69, 9.17) is 25.2 Å². The van der Waals surface area contributed by atoms with Crippen molar-refractivity contribution in [2.45, 2.75) is 137 Å². The highest BCUT2D eigenvalue weighted by molar-refractivity contribution is 5.87. The van der Waals surface area contributed by atoms with Crippen LogP contribution in [0.5, 0.6) is 11.5 Å². The van der Waals surface area contributed by atoms with Crippen LogP contribution in [0.4, 0.5) is 0 Å². The summed E-state index contributed by atoms with van der Waals surface area (Å²) in [6.45, 7) is 29.4. The largest absolute Gasteiger partial charge is 0.457 e. The molecule has 0 aromatic heterocycles. The first-order valence-electron chi connectivity index (χ1n) is 24.8. The highest BCUT2D eigenvalue weighted by Crippen LogP contribution is 2.29. The molecule has 0 bridgehead atoms. The molecule has 8 rings (SSSR count). The number of hydrogen-bond acceptors (Lipinski definition) is 7. The third-order valence-electron chi connectivity index (χ3n) is 9.02. The Kier molecular flexibility index (Phi) is 34.2. The number of hydrogen-bond donors (Lipinski definition) is 6. The first kappa shape index (κ1) is 63.4. The number of rotatable bonds is 8. The van der Waals surface area contributed by atoms with Gasteiger partial charge in [-0.05, 0) is 149 Å². The molecule has 69 heavy (non-hydrogen) atoms. The molecule has 0 fully saturated rings. The standard InChI is InChI=1S/C22H18O3.2C12H12O2.2C4H10.4C2H6/c23-13-15-1-3-19-11-21(7-5-17(19)9-15)25-22-8-6-18-10-16(14-24)2-4-20(18)12-22;2*13-7-9-1-3-11-6-10(8-14)2-4-12(11)5-9;2*1-4(2)3;4*1-2/h1-12,23-24H,13-14H2;2*1-6,13-14H,7-8H2;2*4H,1-3H3;4*1-2H3. The van der Waals surface area contributed by atoms with E-state index in [1.54, 1.807) is 0 Å². The van der Waals surface area contributed by atoms with Crippen LogP contribution in [0, 0.1) is 11.8 Å². The molecule has 376 valence electrons. The third-order valence-corrected chi connectivity index (χ3v) is 9.02. The third kappa shape index (κ3) is 23.5. The Morgan fingerprint density at radius 2 is 0.406 bits per heavy atom. The van der Waals surface area contributed by atoms with Crippen molar-refractivity contribution in [3.8, 4) is 11.5 Å². The predicted molar refractivity (Wildman–Crippen MR) is 298 cm³/mol. The SMILES string of the molecule is CC.CC.CC.CC.CC(C)C.CC(C)C.OCc1ccc2cc(CO)ccc2c1.OCc1ccc2cc(CO)ccc2c1.OCc1ccc2cc(Oc3ccc4cc(CO)ccc4c3)ccc2c1. The summed E-state index contributed by atoms with van der Waals surface area (Å²) in [5.41, 5.74) is 5.45. The first-order chi connectivity index (χ1) is 33.4.